The van der Waals surface area contributed by atoms with Crippen LogP contribution >= 0.6 is 0 Å². The van der Waals surface area contributed by atoms with Gasteiger partial charge in [-0.3, -0.25) is 4.90 Å². The zero-order valence-electron chi connectivity index (χ0n) is 11.6. The van der Waals surface area contributed by atoms with Crippen molar-refractivity contribution in [2.75, 3.05) is 7.05 Å². The Hall–Kier alpha value is -0.820. The summed E-state index contributed by atoms with van der Waals surface area (Å²) in [7, 11) is 2.20. The average molecular weight is 219 g/mol. The van der Waals surface area contributed by atoms with Crippen LogP contribution in [-0.4, -0.2) is 11.9 Å². The molecule has 0 radical (unpaired) electrons. The molecule has 0 unspecified atom stereocenters. The van der Waals surface area contributed by atoms with Crippen molar-refractivity contribution in [3.05, 3.63) is 34.9 Å². The summed E-state index contributed by atoms with van der Waals surface area (Å²) in [6.07, 6.45) is 1.13. The van der Waals surface area contributed by atoms with Gasteiger partial charge in [0.25, 0.3) is 0 Å². The van der Waals surface area contributed by atoms with Gasteiger partial charge < -0.3 is 0 Å². The zero-order chi connectivity index (χ0) is 12.3. The molecule has 0 aliphatic carbocycles. The summed E-state index contributed by atoms with van der Waals surface area (Å²) in [5.41, 5.74) is 4.67. The van der Waals surface area contributed by atoms with Crippen LogP contribution in [-0.2, 0) is 18.5 Å². The molecule has 90 valence electrons. The van der Waals surface area contributed by atoms with Crippen molar-refractivity contribution in [3.8, 4) is 0 Å². The Bertz CT molecular complexity index is 352. The third kappa shape index (κ3) is 2.15. The SMILES string of the molecule is CC.CCc1ccc2c(c1)C(C)(C)N(C)C2. The molecule has 0 spiro atoms. The van der Waals surface area contributed by atoms with Gasteiger partial charge in [-0.05, 0) is 44.0 Å². The summed E-state index contributed by atoms with van der Waals surface area (Å²) in [6.45, 7) is 11.9. The minimum atomic E-state index is 0.209. The molecule has 0 aromatic heterocycles. The van der Waals surface area contributed by atoms with Crippen LogP contribution in [0.4, 0.5) is 0 Å². The molecule has 2 rings (SSSR count). The fourth-order valence-electron chi connectivity index (χ4n) is 2.21. The number of hydrogen-bond donors (Lipinski definition) is 0. The molecule has 0 saturated heterocycles. The first kappa shape index (κ1) is 13.2. The molecule has 0 saturated carbocycles. The van der Waals surface area contributed by atoms with Crippen LogP contribution in [0.1, 0.15) is 51.3 Å². The molecule has 0 fully saturated rings. The average Bonchev–Trinajstić information content (AvgIpc) is 2.53. The van der Waals surface area contributed by atoms with Crippen molar-refractivity contribution in [2.24, 2.45) is 0 Å². The predicted molar refractivity (Wildman–Crippen MR) is 71.7 cm³/mol. The van der Waals surface area contributed by atoms with E-state index in [0.29, 0.717) is 0 Å². The predicted octanol–water partition coefficient (Wildman–Crippen LogP) is 3.96. The minimum absolute atomic E-state index is 0.209. The number of benzene rings is 1. The van der Waals surface area contributed by atoms with Crippen LogP contribution in [0.2, 0.25) is 0 Å². The summed E-state index contributed by atoms with van der Waals surface area (Å²) in [6, 6.07) is 6.92. The Labute approximate surface area is 100 Å². The van der Waals surface area contributed by atoms with Gasteiger partial charge in [-0.2, -0.15) is 0 Å². The van der Waals surface area contributed by atoms with Gasteiger partial charge in [0.05, 0.1) is 0 Å². The summed E-state index contributed by atoms with van der Waals surface area (Å²) in [5, 5.41) is 0. The van der Waals surface area contributed by atoms with Gasteiger partial charge in [0.2, 0.25) is 0 Å². The van der Waals surface area contributed by atoms with Crippen LogP contribution < -0.4 is 0 Å². The summed E-state index contributed by atoms with van der Waals surface area (Å²) in [5.74, 6) is 0. The Morgan fingerprint density at radius 2 is 1.88 bits per heavy atom. The lowest BCUT2D eigenvalue weighted by molar-refractivity contribution is 0.178. The monoisotopic (exact) mass is 219 g/mol. The van der Waals surface area contributed by atoms with Gasteiger partial charge in [-0.25, -0.2) is 0 Å². The second kappa shape index (κ2) is 5.01. The summed E-state index contributed by atoms with van der Waals surface area (Å²) >= 11 is 0. The number of rotatable bonds is 1. The van der Waals surface area contributed by atoms with Crippen molar-refractivity contribution in [2.45, 2.75) is 53.1 Å². The lowest BCUT2D eigenvalue weighted by Crippen LogP contribution is -2.31. The molecule has 1 heterocycles. The van der Waals surface area contributed by atoms with E-state index in [2.05, 4.69) is 50.9 Å². The molecule has 0 N–H and O–H groups in total. The first-order valence-electron chi connectivity index (χ1n) is 6.39. The molecule has 1 nitrogen and oxygen atoms in total. The van der Waals surface area contributed by atoms with E-state index >= 15 is 0 Å². The second-order valence-electron chi connectivity index (χ2n) is 4.76. The molecule has 1 heteroatoms. The van der Waals surface area contributed by atoms with E-state index in [1.807, 2.05) is 13.8 Å². The first-order valence-corrected chi connectivity index (χ1v) is 6.39. The van der Waals surface area contributed by atoms with E-state index < -0.39 is 0 Å². The molecule has 0 atom stereocenters. The van der Waals surface area contributed by atoms with Crippen LogP contribution in [0.5, 0.6) is 0 Å². The molecule has 1 aliphatic rings. The van der Waals surface area contributed by atoms with Gasteiger partial charge in [0, 0.05) is 12.1 Å². The maximum absolute atomic E-state index is 2.41. The molecule has 1 aromatic rings. The lowest BCUT2D eigenvalue weighted by atomic mass is 9.92. The van der Waals surface area contributed by atoms with Crippen molar-refractivity contribution < 1.29 is 0 Å². The molecular weight excluding hydrogens is 194 g/mol. The van der Waals surface area contributed by atoms with Gasteiger partial charge in [-0.15, -0.1) is 0 Å². The summed E-state index contributed by atoms with van der Waals surface area (Å²) < 4.78 is 0. The Morgan fingerprint density at radius 3 is 2.44 bits per heavy atom. The normalized spacial score (nSPS) is 17.6. The van der Waals surface area contributed by atoms with E-state index in [-0.39, 0.29) is 5.54 Å². The van der Waals surface area contributed by atoms with E-state index in [0.717, 1.165) is 13.0 Å². The largest absolute Gasteiger partial charge is 0.293 e. The quantitative estimate of drug-likeness (QED) is 0.691. The fraction of sp³-hybridized carbons (Fsp3) is 0.600. The molecule has 0 bridgehead atoms. The molecule has 1 aromatic carbocycles. The third-order valence-corrected chi connectivity index (χ3v) is 3.60. The van der Waals surface area contributed by atoms with Gasteiger partial charge in [0.15, 0.2) is 0 Å². The third-order valence-electron chi connectivity index (χ3n) is 3.60. The van der Waals surface area contributed by atoms with E-state index in [9.17, 15) is 0 Å². The second-order valence-corrected chi connectivity index (χ2v) is 4.76. The van der Waals surface area contributed by atoms with Crippen LogP contribution in [0.25, 0.3) is 0 Å². The number of fused-ring (bicyclic) bond motifs is 1. The Morgan fingerprint density at radius 1 is 1.25 bits per heavy atom. The van der Waals surface area contributed by atoms with Crippen molar-refractivity contribution in [1.29, 1.82) is 0 Å². The fourth-order valence-corrected chi connectivity index (χ4v) is 2.21. The Kier molecular flexibility index (Phi) is 4.15. The summed E-state index contributed by atoms with van der Waals surface area (Å²) in [4.78, 5) is 2.41. The Balaban J connectivity index is 0.000000606. The molecular formula is C15H25N. The van der Waals surface area contributed by atoms with Crippen molar-refractivity contribution >= 4 is 0 Å². The zero-order valence-corrected chi connectivity index (χ0v) is 11.6. The maximum atomic E-state index is 2.41. The minimum Gasteiger partial charge on any atom is -0.293 e. The number of nitrogens with zero attached hydrogens (tertiary/aromatic N) is 1. The van der Waals surface area contributed by atoms with Crippen LogP contribution in [0.3, 0.4) is 0 Å². The topological polar surface area (TPSA) is 3.24 Å². The lowest BCUT2D eigenvalue weighted by Gasteiger charge is -2.28. The molecule has 16 heavy (non-hydrogen) atoms. The standard InChI is InChI=1S/C13H19N.C2H6/c1-5-10-6-7-11-9-14(4)13(2,3)12(11)8-10;1-2/h6-8H,5,9H2,1-4H3;1-2H3. The van der Waals surface area contributed by atoms with Crippen molar-refractivity contribution in [1.82, 2.24) is 4.90 Å². The smallest absolute Gasteiger partial charge is 0.0408 e. The van der Waals surface area contributed by atoms with Gasteiger partial charge in [0.1, 0.15) is 0 Å². The maximum Gasteiger partial charge on any atom is 0.0408 e. The van der Waals surface area contributed by atoms with E-state index in [1.165, 1.54) is 16.7 Å². The van der Waals surface area contributed by atoms with Crippen LogP contribution in [0.15, 0.2) is 18.2 Å². The highest BCUT2D eigenvalue weighted by atomic mass is 15.2. The number of aryl methyl sites for hydroxylation is 1. The number of hydrogen-bond acceptors (Lipinski definition) is 1. The molecule has 0 amide bonds. The van der Waals surface area contributed by atoms with Crippen molar-refractivity contribution in [3.63, 3.8) is 0 Å². The highest BCUT2D eigenvalue weighted by Gasteiger charge is 2.34. The first-order chi connectivity index (χ1) is 7.55. The molecule has 1 aliphatic heterocycles. The highest BCUT2D eigenvalue weighted by Crippen LogP contribution is 2.37. The highest BCUT2D eigenvalue weighted by molar-refractivity contribution is 5.40. The van der Waals surface area contributed by atoms with Gasteiger partial charge in [-0.1, -0.05) is 39.0 Å². The van der Waals surface area contributed by atoms with E-state index in [4.69, 9.17) is 0 Å². The van der Waals surface area contributed by atoms with Crippen LogP contribution in [0, 0.1) is 0 Å². The van der Waals surface area contributed by atoms with Gasteiger partial charge >= 0.3 is 0 Å². The van der Waals surface area contributed by atoms with E-state index in [1.54, 1.807) is 0 Å².